The Kier molecular flexibility index (Phi) is 2.35. The Hall–Kier alpha value is -0.870. The first-order chi connectivity index (χ1) is 7.00. The van der Waals surface area contributed by atoms with E-state index in [-0.39, 0.29) is 6.61 Å². The summed E-state index contributed by atoms with van der Waals surface area (Å²) in [6, 6.07) is 8.42. The Morgan fingerprint density at radius 2 is 2.00 bits per heavy atom. The zero-order chi connectivity index (χ0) is 11.1. The molecular formula is C11H14O3S. The third-order valence-electron chi connectivity index (χ3n) is 3.08. The summed E-state index contributed by atoms with van der Waals surface area (Å²) in [7, 11) is -3.25. The molecule has 0 radical (unpaired) electrons. The topological polar surface area (TPSA) is 54.4 Å². The molecule has 1 aromatic carbocycles. The average molecular weight is 226 g/mol. The van der Waals surface area contributed by atoms with Gasteiger partial charge in [0.05, 0.1) is 10.1 Å². The first-order valence-electron chi connectivity index (χ1n) is 4.90. The van der Waals surface area contributed by atoms with E-state index in [0.717, 1.165) is 0 Å². The standard InChI is InChI=1S/C11H14O3S/c1-11(8-12)7-10(11)15(13,14)9-5-3-2-4-6-9/h2-6,10,12H,7-8H2,1H3. The van der Waals surface area contributed by atoms with Gasteiger partial charge in [0.15, 0.2) is 9.84 Å². The van der Waals surface area contributed by atoms with Crippen LogP contribution in [0.5, 0.6) is 0 Å². The number of hydrogen-bond donors (Lipinski definition) is 1. The van der Waals surface area contributed by atoms with Crippen LogP contribution in [0.15, 0.2) is 35.2 Å². The Balaban J connectivity index is 2.32. The van der Waals surface area contributed by atoms with Crippen LogP contribution >= 0.6 is 0 Å². The monoisotopic (exact) mass is 226 g/mol. The molecule has 4 heteroatoms. The van der Waals surface area contributed by atoms with Gasteiger partial charge in [-0.15, -0.1) is 0 Å². The summed E-state index contributed by atoms with van der Waals surface area (Å²) < 4.78 is 24.1. The van der Waals surface area contributed by atoms with E-state index in [1.54, 1.807) is 37.3 Å². The fourth-order valence-corrected chi connectivity index (χ4v) is 4.08. The maximum atomic E-state index is 12.1. The number of aliphatic hydroxyl groups excluding tert-OH is 1. The van der Waals surface area contributed by atoms with E-state index < -0.39 is 20.5 Å². The molecule has 1 N–H and O–H groups in total. The van der Waals surface area contributed by atoms with E-state index in [1.807, 2.05) is 0 Å². The van der Waals surface area contributed by atoms with Crippen molar-refractivity contribution in [3.63, 3.8) is 0 Å². The van der Waals surface area contributed by atoms with Crippen LogP contribution in [0.4, 0.5) is 0 Å². The van der Waals surface area contributed by atoms with E-state index in [9.17, 15) is 8.42 Å². The van der Waals surface area contributed by atoms with Gasteiger partial charge in [-0.3, -0.25) is 0 Å². The first kappa shape index (κ1) is 10.6. The minimum absolute atomic E-state index is 0.0657. The summed E-state index contributed by atoms with van der Waals surface area (Å²) in [5.74, 6) is 0. The van der Waals surface area contributed by atoms with Crippen LogP contribution < -0.4 is 0 Å². The highest BCUT2D eigenvalue weighted by Gasteiger charge is 2.57. The molecule has 1 saturated carbocycles. The predicted octanol–water partition coefficient (Wildman–Crippen LogP) is 1.23. The highest BCUT2D eigenvalue weighted by molar-refractivity contribution is 7.92. The normalized spacial score (nSPS) is 30.1. The van der Waals surface area contributed by atoms with E-state index in [4.69, 9.17) is 5.11 Å². The summed E-state index contributed by atoms with van der Waals surface area (Å²) in [5, 5.41) is 8.66. The predicted molar refractivity (Wildman–Crippen MR) is 57.2 cm³/mol. The molecule has 1 fully saturated rings. The second-order valence-electron chi connectivity index (χ2n) is 4.36. The molecule has 0 bridgehead atoms. The molecule has 0 heterocycles. The fourth-order valence-electron chi connectivity index (χ4n) is 1.79. The molecule has 3 nitrogen and oxygen atoms in total. The van der Waals surface area contributed by atoms with Crippen molar-refractivity contribution in [2.24, 2.45) is 5.41 Å². The number of aliphatic hydroxyl groups is 1. The van der Waals surface area contributed by atoms with Gasteiger partial charge in [-0.1, -0.05) is 25.1 Å². The lowest BCUT2D eigenvalue weighted by Crippen LogP contribution is -2.16. The van der Waals surface area contributed by atoms with Crippen LogP contribution in [-0.2, 0) is 9.84 Å². The lowest BCUT2D eigenvalue weighted by Gasteiger charge is -2.07. The SMILES string of the molecule is CC1(CO)CC1S(=O)(=O)c1ccccc1. The maximum absolute atomic E-state index is 12.1. The lowest BCUT2D eigenvalue weighted by molar-refractivity contribution is 0.225. The quantitative estimate of drug-likeness (QED) is 0.843. The molecule has 0 spiro atoms. The second kappa shape index (κ2) is 3.32. The van der Waals surface area contributed by atoms with Crippen LogP contribution in [-0.4, -0.2) is 25.4 Å². The molecule has 15 heavy (non-hydrogen) atoms. The van der Waals surface area contributed by atoms with Crippen molar-refractivity contribution in [1.82, 2.24) is 0 Å². The number of rotatable bonds is 3. The molecule has 2 rings (SSSR count). The van der Waals surface area contributed by atoms with Gasteiger partial charge in [0.25, 0.3) is 0 Å². The van der Waals surface area contributed by atoms with Gasteiger partial charge in [-0.2, -0.15) is 0 Å². The largest absolute Gasteiger partial charge is 0.396 e. The van der Waals surface area contributed by atoms with Crippen LogP contribution in [0, 0.1) is 5.41 Å². The van der Waals surface area contributed by atoms with Gasteiger partial charge in [0.1, 0.15) is 0 Å². The maximum Gasteiger partial charge on any atom is 0.181 e. The number of benzene rings is 1. The zero-order valence-electron chi connectivity index (χ0n) is 8.55. The molecule has 0 amide bonds. The molecule has 0 aromatic heterocycles. The van der Waals surface area contributed by atoms with Gasteiger partial charge in [-0.05, 0) is 18.6 Å². The van der Waals surface area contributed by atoms with Gasteiger partial charge in [0.2, 0.25) is 0 Å². The summed E-state index contributed by atoms with van der Waals surface area (Å²) in [5.41, 5.74) is -0.436. The number of sulfone groups is 1. The average Bonchev–Trinajstić information content (AvgIpc) is 2.94. The van der Waals surface area contributed by atoms with E-state index in [0.29, 0.717) is 11.3 Å². The van der Waals surface area contributed by atoms with Crippen LogP contribution in [0.2, 0.25) is 0 Å². The van der Waals surface area contributed by atoms with Gasteiger partial charge in [-0.25, -0.2) is 8.42 Å². The zero-order valence-corrected chi connectivity index (χ0v) is 9.37. The molecular weight excluding hydrogens is 212 g/mol. The van der Waals surface area contributed by atoms with E-state index in [2.05, 4.69) is 0 Å². The Morgan fingerprint density at radius 3 is 2.47 bits per heavy atom. The minimum Gasteiger partial charge on any atom is -0.396 e. The summed E-state index contributed by atoms with van der Waals surface area (Å²) >= 11 is 0. The first-order valence-corrected chi connectivity index (χ1v) is 6.45. The molecule has 1 aliphatic carbocycles. The van der Waals surface area contributed by atoms with Crippen molar-refractivity contribution in [1.29, 1.82) is 0 Å². The van der Waals surface area contributed by atoms with E-state index >= 15 is 0 Å². The van der Waals surface area contributed by atoms with Crippen molar-refractivity contribution < 1.29 is 13.5 Å². The minimum atomic E-state index is -3.25. The summed E-state index contributed by atoms with van der Waals surface area (Å²) in [6.07, 6.45) is 0.556. The van der Waals surface area contributed by atoms with E-state index in [1.165, 1.54) is 0 Å². The molecule has 0 saturated heterocycles. The van der Waals surface area contributed by atoms with Gasteiger partial charge < -0.3 is 5.11 Å². The molecule has 82 valence electrons. The lowest BCUT2D eigenvalue weighted by atomic mass is 10.2. The van der Waals surface area contributed by atoms with Crippen molar-refractivity contribution in [2.45, 2.75) is 23.5 Å². The Labute approximate surface area is 89.7 Å². The highest BCUT2D eigenvalue weighted by atomic mass is 32.2. The third-order valence-corrected chi connectivity index (χ3v) is 5.49. The molecule has 2 atom stereocenters. The van der Waals surface area contributed by atoms with Gasteiger partial charge >= 0.3 is 0 Å². The Morgan fingerprint density at radius 1 is 1.40 bits per heavy atom. The smallest absolute Gasteiger partial charge is 0.181 e. The summed E-state index contributed by atoms with van der Waals surface area (Å²) in [6.45, 7) is 1.74. The number of hydrogen-bond acceptors (Lipinski definition) is 3. The van der Waals surface area contributed by atoms with Crippen LogP contribution in [0.1, 0.15) is 13.3 Å². The summed E-state index contributed by atoms with van der Waals surface area (Å²) in [4.78, 5) is 0.354. The van der Waals surface area contributed by atoms with Crippen molar-refractivity contribution in [2.75, 3.05) is 6.61 Å². The molecule has 1 aliphatic rings. The molecule has 2 unspecified atom stereocenters. The van der Waals surface area contributed by atoms with Gasteiger partial charge in [0, 0.05) is 12.0 Å². The van der Waals surface area contributed by atoms with Crippen LogP contribution in [0.3, 0.4) is 0 Å². The van der Waals surface area contributed by atoms with Crippen molar-refractivity contribution in [3.05, 3.63) is 30.3 Å². The second-order valence-corrected chi connectivity index (χ2v) is 6.49. The highest BCUT2D eigenvalue weighted by Crippen LogP contribution is 2.51. The third kappa shape index (κ3) is 1.68. The van der Waals surface area contributed by atoms with Crippen LogP contribution in [0.25, 0.3) is 0 Å². The van der Waals surface area contributed by atoms with Crippen molar-refractivity contribution in [3.8, 4) is 0 Å². The Bertz CT molecular complexity index is 452. The fraction of sp³-hybridized carbons (Fsp3) is 0.455. The van der Waals surface area contributed by atoms with Crippen molar-refractivity contribution >= 4 is 9.84 Å². The molecule has 1 aromatic rings. The molecule has 0 aliphatic heterocycles.